The Balaban J connectivity index is 1.34. The number of hydrogen-bond donors (Lipinski definition) is 1. The second-order valence-electron chi connectivity index (χ2n) is 27.1. The van der Waals surface area contributed by atoms with Crippen molar-refractivity contribution < 1.29 is 13.9 Å². The van der Waals surface area contributed by atoms with Gasteiger partial charge in [-0.15, -0.1) is 0 Å². The van der Waals surface area contributed by atoms with E-state index in [9.17, 15) is 4.89 Å². The molecule has 0 spiro atoms. The summed E-state index contributed by atoms with van der Waals surface area (Å²) in [6.07, 6.45) is 0. The average molecular weight is 1030 g/mol. The summed E-state index contributed by atoms with van der Waals surface area (Å²) in [6, 6.07) is 50.4. The first kappa shape index (κ1) is 56.7. The van der Waals surface area contributed by atoms with Crippen LogP contribution in [0.5, 0.6) is 11.5 Å². The van der Waals surface area contributed by atoms with E-state index in [0.717, 1.165) is 55.0 Å². The Morgan fingerprint density at radius 1 is 0.338 bits per heavy atom. The molecule has 0 aliphatic rings. The van der Waals surface area contributed by atoms with Crippen LogP contribution in [-0.2, 0) is 32.5 Å². The first-order valence-electron chi connectivity index (χ1n) is 26.7. The van der Waals surface area contributed by atoms with E-state index < -0.39 is 15.9 Å². The molecule has 0 bridgehead atoms. The minimum atomic E-state index is -3.17. The monoisotopic (exact) mass is 1030 g/mol. The first-order valence-corrected chi connectivity index (χ1v) is 29.6. The predicted molar refractivity (Wildman–Crippen MR) is 325 cm³/mol. The second kappa shape index (κ2) is 20.5. The van der Waals surface area contributed by atoms with Crippen molar-refractivity contribution in [2.45, 2.75) is 178 Å². The van der Waals surface area contributed by atoms with Gasteiger partial charge >= 0.3 is 8.38 Å². The van der Waals surface area contributed by atoms with Gasteiger partial charge in [0.25, 0.3) is 0 Å². The van der Waals surface area contributed by atoms with Gasteiger partial charge in [0, 0.05) is 16.7 Å². The summed E-state index contributed by atoms with van der Waals surface area (Å²) in [5.41, 5.74) is 14.8. The lowest BCUT2D eigenvalue weighted by atomic mass is 9.78. The molecule has 1 N–H and O–H groups in total. The van der Waals surface area contributed by atoms with Gasteiger partial charge in [-0.3, -0.25) is 0 Å². The number of rotatable bonds is 10. The zero-order valence-corrected chi connectivity index (χ0v) is 50.7. The van der Waals surface area contributed by atoms with Gasteiger partial charge in [-0.25, -0.2) is 4.89 Å². The Hall–Kier alpha value is -5.04. The molecule has 1 atom stereocenters. The fraction of sp³-hybridized carbons (Fsp3) is 0.391. The Morgan fingerprint density at radius 3 is 0.973 bits per heavy atom. The average Bonchev–Trinajstić information content (AvgIpc) is 3.29. The van der Waals surface area contributed by atoms with Crippen LogP contribution in [0.25, 0.3) is 22.3 Å². The number of hydrogen-bond acceptors (Lipinski definition) is 3. The molecule has 0 saturated carbocycles. The van der Waals surface area contributed by atoms with E-state index in [1.54, 1.807) is 0 Å². The van der Waals surface area contributed by atoms with E-state index in [0.29, 0.717) is 0 Å². The smallest absolute Gasteiger partial charge is 0.326 e. The molecule has 0 aliphatic carbocycles. The summed E-state index contributed by atoms with van der Waals surface area (Å²) in [5.74, 6) is 1.72. The molecule has 0 heterocycles. The molecule has 74 heavy (non-hydrogen) atoms. The molecule has 1 unspecified atom stereocenters. The molecule has 0 aromatic heterocycles. The quantitative estimate of drug-likeness (QED) is 0.139. The van der Waals surface area contributed by atoms with Crippen LogP contribution in [0.1, 0.15) is 175 Å². The van der Waals surface area contributed by atoms with Gasteiger partial charge in [-0.1, -0.05) is 210 Å². The molecule has 0 aliphatic heterocycles. The molecule has 5 heteroatoms. The van der Waals surface area contributed by atoms with Gasteiger partial charge in [0.05, 0.1) is 5.30 Å². The van der Waals surface area contributed by atoms with Crippen molar-refractivity contribution >= 4 is 37.1 Å². The molecular weight excluding hydrogens is 939 g/mol. The maximum atomic E-state index is 13.8. The molecule has 0 amide bonds. The summed E-state index contributed by atoms with van der Waals surface area (Å²) in [4.78, 5) is 13.8. The highest BCUT2D eigenvalue weighted by atomic mass is 31.2. The highest BCUT2D eigenvalue weighted by Crippen LogP contribution is 2.55. The lowest BCUT2D eigenvalue weighted by molar-refractivity contribution is 0.465. The Kier molecular flexibility index (Phi) is 15.7. The van der Waals surface area contributed by atoms with Crippen LogP contribution in [0, 0.1) is 20.8 Å². The summed E-state index contributed by atoms with van der Waals surface area (Å²) in [5, 5.41) is 3.86. The second-order valence-corrected chi connectivity index (χ2v) is 31.3. The molecule has 390 valence electrons. The van der Waals surface area contributed by atoms with Crippen LogP contribution in [0.4, 0.5) is 0 Å². The molecule has 7 aromatic rings. The van der Waals surface area contributed by atoms with Gasteiger partial charge in [0.2, 0.25) is 7.49 Å². The van der Waals surface area contributed by atoms with Gasteiger partial charge in [-0.05, 0) is 163 Å². The largest absolute Gasteiger partial charge is 0.435 e. The highest BCUT2D eigenvalue weighted by Gasteiger charge is 2.48. The lowest BCUT2D eigenvalue weighted by Gasteiger charge is -2.32. The topological polar surface area (TPSA) is 38.7 Å². The van der Waals surface area contributed by atoms with E-state index in [1.807, 2.05) is 6.07 Å². The third-order valence-corrected chi connectivity index (χ3v) is 19.2. The van der Waals surface area contributed by atoms with Gasteiger partial charge in [0.15, 0.2) is 0 Å². The van der Waals surface area contributed by atoms with E-state index in [4.69, 9.17) is 9.05 Å². The van der Waals surface area contributed by atoms with Crippen molar-refractivity contribution in [2.75, 3.05) is 0 Å². The summed E-state index contributed by atoms with van der Waals surface area (Å²) < 4.78 is 14.6. The summed E-state index contributed by atoms with van der Waals surface area (Å²) in [7, 11) is -4.83. The normalized spacial score (nSPS) is 13.8. The van der Waals surface area contributed by atoms with Crippen LogP contribution in [-0.4, -0.2) is 4.89 Å². The Labute approximate surface area is 449 Å². The zero-order valence-electron chi connectivity index (χ0n) is 48.9. The Morgan fingerprint density at radius 2 is 0.635 bits per heavy atom. The van der Waals surface area contributed by atoms with Crippen LogP contribution >= 0.6 is 15.9 Å². The SMILES string of the molecule is Cc1cc(OP(Oc2cc(C)c(C(C)(C)C)cc2C(C)(C)C)c2ccc(-c3ccc([P+](O)(c4ccc(-c5ccccc5)cc4)c4cc(C)c(C(C)(C)C)cc4C(C)(C)C)cc3)cc2)c(C(C)(C)C)cc1C(C)(C)C. The molecule has 7 rings (SSSR count). The van der Waals surface area contributed by atoms with Gasteiger partial charge < -0.3 is 9.05 Å². The zero-order chi connectivity index (χ0) is 54.7. The minimum absolute atomic E-state index is 0.0213. The number of benzene rings is 7. The van der Waals surface area contributed by atoms with Crippen molar-refractivity contribution in [3.8, 4) is 33.8 Å². The molecule has 3 nitrogen and oxygen atoms in total. The Bertz CT molecular complexity index is 3020. The molecule has 0 saturated heterocycles. The van der Waals surface area contributed by atoms with E-state index in [1.165, 1.54) is 50.1 Å². The summed E-state index contributed by atoms with van der Waals surface area (Å²) in [6.45, 7) is 47.6. The van der Waals surface area contributed by atoms with Crippen LogP contribution in [0.15, 0.2) is 140 Å². The van der Waals surface area contributed by atoms with E-state index in [2.05, 4.69) is 279 Å². The fourth-order valence-electron chi connectivity index (χ4n) is 10.5. The first-order chi connectivity index (χ1) is 34.1. The maximum Gasteiger partial charge on any atom is 0.326 e. The van der Waals surface area contributed by atoms with Gasteiger partial charge in [-0.2, -0.15) is 0 Å². The summed E-state index contributed by atoms with van der Waals surface area (Å²) >= 11 is 0. The molecule has 0 radical (unpaired) electrons. The lowest BCUT2D eigenvalue weighted by Crippen LogP contribution is -2.36. The van der Waals surface area contributed by atoms with E-state index >= 15 is 0 Å². The van der Waals surface area contributed by atoms with Crippen LogP contribution in [0.2, 0.25) is 0 Å². The van der Waals surface area contributed by atoms with Crippen molar-refractivity contribution in [1.29, 1.82) is 0 Å². The van der Waals surface area contributed by atoms with Gasteiger partial charge in [0.1, 0.15) is 27.4 Å². The molecule has 7 aromatic carbocycles. The third kappa shape index (κ3) is 12.1. The van der Waals surface area contributed by atoms with Crippen LogP contribution < -0.4 is 30.3 Å². The number of aryl methyl sites for hydroxylation is 3. The highest BCUT2D eigenvalue weighted by molar-refractivity contribution is 7.91. The predicted octanol–water partition coefficient (Wildman–Crippen LogP) is 18.0. The minimum Gasteiger partial charge on any atom is -0.435 e. The maximum absolute atomic E-state index is 13.8. The molecular formula is C69H87O3P2+. The third-order valence-electron chi connectivity index (χ3n) is 14.6. The fourth-order valence-corrected chi connectivity index (χ4v) is 15.0. The molecule has 0 fully saturated rings. The standard InChI is InChI=1S/C69H87O3P2/c1-45-39-61(58(67(13,14)15)42-55(45)64(4,5)6)71-73(72-62-40-46(2)56(65(7,8)9)43-59(62)68(16,17)18)52-33-27-49(28-34-52)51-31-37-54(38-32-51)74(70,53-35-29-50(30-36-53)48-25-23-22-24-26-48)63-41-47(3)57(66(10,11)12)44-60(63)69(19,20)21/h22-44,70H,1-21H3/q+1. The van der Waals surface area contributed by atoms with E-state index in [-0.39, 0.29) is 32.5 Å². The van der Waals surface area contributed by atoms with Crippen molar-refractivity contribution in [2.24, 2.45) is 0 Å². The van der Waals surface area contributed by atoms with Crippen molar-refractivity contribution in [3.63, 3.8) is 0 Å². The van der Waals surface area contributed by atoms with Crippen molar-refractivity contribution in [3.05, 3.63) is 190 Å². The van der Waals surface area contributed by atoms with Crippen molar-refractivity contribution in [1.82, 2.24) is 0 Å². The van der Waals surface area contributed by atoms with Crippen LogP contribution in [0.3, 0.4) is 0 Å².